The highest BCUT2D eigenvalue weighted by Crippen LogP contribution is 2.25. The molecule has 0 spiro atoms. The van der Waals surface area contributed by atoms with Crippen molar-refractivity contribution in [3.8, 4) is 0 Å². The van der Waals surface area contributed by atoms with Gasteiger partial charge in [0.2, 0.25) is 0 Å². The number of piperazine rings is 1. The van der Waals surface area contributed by atoms with Gasteiger partial charge in [0.05, 0.1) is 0 Å². The van der Waals surface area contributed by atoms with Gasteiger partial charge in [-0.3, -0.25) is 0 Å². The number of hydrogen-bond donors (Lipinski definition) is 2. The number of ether oxygens (including phenoxy) is 1. The predicted molar refractivity (Wildman–Crippen MR) is 107 cm³/mol. The molecule has 1 fully saturated rings. The van der Waals surface area contributed by atoms with Crippen LogP contribution < -0.4 is 16.0 Å². The first kappa shape index (κ1) is 21.4. The van der Waals surface area contributed by atoms with Crippen LogP contribution in [0, 0.1) is 5.82 Å². The number of nitrogens with one attached hydrogen (secondary N) is 1. The summed E-state index contributed by atoms with van der Waals surface area (Å²) >= 11 is 0. The molecule has 152 valence electrons. The summed E-state index contributed by atoms with van der Waals surface area (Å²) in [6.07, 6.45) is -0.290. The van der Waals surface area contributed by atoms with Crippen molar-refractivity contribution in [1.29, 1.82) is 0 Å². The molecule has 1 aliphatic rings. The van der Waals surface area contributed by atoms with E-state index in [2.05, 4.69) is 17.1 Å². The van der Waals surface area contributed by atoms with Gasteiger partial charge in [0.15, 0.2) is 0 Å². The van der Waals surface area contributed by atoms with Gasteiger partial charge < -0.3 is 25.6 Å². The number of nitrogens with zero attached hydrogens (tertiary/aromatic N) is 2. The van der Waals surface area contributed by atoms with Crippen molar-refractivity contribution >= 4 is 11.8 Å². The van der Waals surface area contributed by atoms with Crippen molar-refractivity contribution in [1.82, 2.24) is 10.2 Å². The number of amides is 1. The fourth-order valence-electron chi connectivity index (χ4n) is 3.08. The molecule has 1 unspecified atom stereocenters. The Bertz CT molecular complexity index is 625. The number of carbonyl (C=O) groups is 1. The second kappa shape index (κ2) is 9.37. The Morgan fingerprint density at radius 2 is 1.93 bits per heavy atom. The van der Waals surface area contributed by atoms with E-state index in [-0.39, 0.29) is 17.8 Å². The summed E-state index contributed by atoms with van der Waals surface area (Å²) < 4.78 is 19.6. The third-order valence-electron chi connectivity index (χ3n) is 4.54. The Kier molecular flexibility index (Phi) is 7.44. The highest BCUT2D eigenvalue weighted by atomic mass is 19.1. The Balaban J connectivity index is 1.98. The van der Waals surface area contributed by atoms with Crippen molar-refractivity contribution in [2.75, 3.05) is 50.7 Å². The summed E-state index contributed by atoms with van der Waals surface area (Å²) in [7, 11) is 0. The molecule has 0 saturated carbocycles. The lowest BCUT2D eigenvalue weighted by molar-refractivity contribution is 0.0240. The molecule has 7 heteroatoms. The number of nitrogens with two attached hydrogens (primary N) is 1. The van der Waals surface area contributed by atoms with E-state index in [4.69, 9.17) is 10.5 Å². The van der Waals surface area contributed by atoms with E-state index in [1.165, 1.54) is 0 Å². The van der Waals surface area contributed by atoms with E-state index in [1.807, 2.05) is 26.8 Å². The van der Waals surface area contributed by atoms with E-state index in [1.54, 1.807) is 17.0 Å². The number of rotatable bonds is 6. The van der Waals surface area contributed by atoms with Crippen molar-refractivity contribution in [2.45, 2.75) is 39.2 Å². The zero-order chi connectivity index (χ0) is 20.0. The number of carbonyl (C=O) groups excluding carboxylic acids is 1. The van der Waals surface area contributed by atoms with Gasteiger partial charge in [-0.25, -0.2) is 9.18 Å². The van der Waals surface area contributed by atoms with Crippen LogP contribution in [0.3, 0.4) is 0 Å². The minimum absolute atomic E-state index is 0.189. The maximum absolute atomic E-state index is 14.2. The molecule has 1 amide bonds. The van der Waals surface area contributed by atoms with Gasteiger partial charge in [-0.15, -0.1) is 0 Å². The monoisotopic (exact) mass is 380 g/mol. The highest BCUT2D eigenvalue weighted by Gasteiger charge is 2.26. The molecule has 1 atom stereocenters. The normalized spacial score (nSPS) is 16.4. The molecule has 0 aromatic heterocycles. The van der Waals surface area contributed by atoms with Crippen molar-refractivity contribution in [3.63, 3.8) is 0 Å². The molecule has 1 aliphatic heterocycles. The summed E-state index contributed by atoms with van der Waals surface area (Å²) in [6.45, 7) is 12.2. The number of hydrogen-bond acceptors (Lipinski definition) is 5. The van der Waals surface area contributed by atoms with Crippen LogP contribution in [-0.2, 0) is 4.74 Å². The van der Waals surface area contributed by atoms with Gasteiger partial charge in [-0.1, -0.05) is 6.92 Å². The van der Waals surface area contributed by atoms with Crippen LogP contribution in [0.5, 0.6) is 0 Å². The van der Waals surface area contributed by atoms with Crippen LogP contribution in [0.15, 0.2) is 18.2 Å². The Hall–Kier alpha value is -1.86. The summed E-state index contributed by atoms with van der Waals surface area (Å²) in [6, 6.07) is 5.20. The van der Waals surface area contributed by atoms with Gasteiger partial charge in [-0.05, 0) is 50.5 Å². The molecule has 1 heterocycles. The summed E-state index contributed by atoms with van der Waals surface area (Å²) in [4.78, 5) is 16.0. The largest absolute Gasteiger partial charge is 0.444 e. The van der Waals surface area contributed by atoms with Crippen LogP contribution >= 0.6 is 0 Å². The topological polar surface area (TPSA) is 70.8 Å². The molecule has 0 radical (unpaired) electrons. The molecule has 1 aromatic carbocycles. The minimum Gasteiger partial charge on any atom is -0.444 e. The fraction of sp³-hybridized carbons (Fsp3) is 0.650. The van der Waals surface area contributed by atoms with E-state index >= 15 is 0 Å². The van der Waals surface area contributed by atoms with Crippen LogP contribution in [-0.4, -0.2) is 62.4 Å². The fourth-order valence-corrected chi connectivity index (χ4v) is 3.08. The lowest BCUT2D eigenvalue weighted by Gasteiger charge is -2.37. The summed E-state index contributed by atoms with van der Waals surface area (Å²) in [5, 5.41) is 3.27. The molecular weight excluding hydrogens is 347 g/mol. The predicted octanol–water partition coefficient (Wildman–Crippen LogP) is 2.53. The van der Waals surface area contributed by atoms with E-state index < -0.39 is 5.60 Å². The first-order valence-electron chi connectivity index (χ1n) is 9.64. The van der Waals surface area contributed by atoms with Gasteiger partial charge in [0.1, 0.15) is 11.4 Å². The lowest BCUT2D eigenvalue weighted by atomic mass is 10.00. The van der Waals surface area contributed by atoms with E-state index in [9.17, 15) is 9.18 Å². The molecule has 1 aromatic rings. The number of benzene rings is 1. The summed E-state index contributed by atoms with van der Waals surface area (Å²) in [5.41, 5.74) is 6.82. The molecule has 0 aliphatic carbocycles. The maximum Gasteiger partial charge on any atom is 0.410 e. The maximum atomic E-state index is 14.2. The standard InChI is InChI=1S/C20H33FN4O2/c1-15(14-23-6-5-22)16-11-17(21)13-18(12-16)24-7-9-25(10-8-24)19(26)27-20(2,3)4/h11-13,15,23H,5-10,14,22H2,1-4H3. The molecule has 1 saturated heterocycles. The van der Waals surface area contributed by atoms with Crippen molar-refractivity contribution in [3.05, 3.63) is 29.6 Å². The summed E-state index contributed by atoms with van der Waals surface area (Å²) in [5.74, 6) is -0.0446. The Morgan fingerprint density at radius 1 is 1.26 bits per heavy atom. The van der Waals surface area contributed by atoms with Gasteiger partial charge in [-0.2, -0.15) is 0 Å². The Morgan fingerprint density at radius 3 is 2.52 bits per heavy atom. The van der Waals surface area contributed by atoms with Gasteiger partial charge >= 0.3 is 6.09 Å². The van der Waals surface area contributed by atoms with Crippen LogP contribution in [0.2, 0.25) is 0 Å². The first-order chi connectivity index (χ1) is 12.7. The van der Waals surface area contributed by atoms with Gasteiger partial charge in [0, 0.05) is 51.5 Å². The number of anilines is 1. The second-order valence-corrected chi connectivity index (χ2v) is 8.09. The molecular formula is C20H33FN4O2. The van der Waals surface area contributed by atoms with Crippen LogP contribution in [0.25, 0.3) is 0 Å². The minimum atomic E-state index is -0.500. The van der Waals surface area contributed by atoms with Crippen molar-refractivity contribution < 1.29 is 13.9 Å². The van der Waals surface area contributed by atoms with Crippen molar-refractivity contribution in [2.24, 2.45) is 5.73 Å². The third-order valence-corrected chi connectivity index (χ3v) is 4.54. The second-order valence-electron chi connectivity index (χ2n) is 8.09. The van der Waals surface area contributed by atoms with Crippen LogP contribution in [0.1, 0.15) is 39.2 Å². The van der Waals surface area contributed by atoms with Crippen LogP contribution in [0.4, 0.5) is 14.9 Å². The van der Waals surface area contributed by atoms with E-state index in [0.29, 0.717) is 32.7 Å². The molecule has 27 heavy (non-hydrogen) atoms. The Labute approximate surface area is 161 Å². The lowest BCUT2D eigenvalue weighted by Crippen LogP contribution is -2.50. The molecule has 2 rings (SSSR count). The molecule has 6 nitrogen and oxygen atoms in total. The third kappa shape index (κ3) is 6.66. The zero-order valence-corrected chi connectivity index (χ0v) is 16.9. The average Bonchev–Trinajstić information content (AvgIpc) is 2.60. The highest BCUT2D eigenvalue weighted by molar-refractivity contribution is 5.68. The first-order valence-corrected chi connectivity index (χ1v) is 9.64. The van der Waals surface area contributed by atoms with E-state index in [0.717, 1.165) is 24.3 Å². The zero-order valence-electron chi connectivity index (χ0n) is 16.9. The molecule has 3 N–H and O–H groups in total. The quantitative estimate of drug-likeness (QED) is 0.742. The molecule has 0 bridgehead atoms. The van der Waals surface area contributed by atoms with Gasteiger partial charge in [0.25, 0.3) is 0 Å². The number of halogens is 1. The average molecular weight is 381 g/mol. The SMILES string of the molecule is CC(CNCCN)c1cc(F)cc(N2CCN(C(=O)OC(C)(C)C)CC2)c1. The smallest absolute Gasteiger partial charge is 0.410 e.